The molecule has 70 valence electrons. The van der Waals surface area contributed by atoms with Gasteiger partial charge in [-0.3, -0.25) is 0 Å². The molecule has 0 aliphatic carbocycles. The summed E-state index contributed by atoms with van der Waals surface area (Å²) in [5, 5.41) is 0. The zero-order valence-electron chi connectivity index (χ0n) is 4.39. The van der Waals surface area contributed by atoms with Crippen LogP contribution in [0.3, 0.4) is 0 Å². The summed E-state index contributed by atoms with van der Waals surface area (Å²) in [6, 6.07) is 0. The summed E-state index contributed by atoms with van der Waals surface area (Å²) in [6.07, 6.45) is 0. The second kappa shape index (κ2) is 10.0. The van der Waals surface area contributed by atoms with Gasteiger partial charge in [-0.15, -0.1) is 0 Å². The number of rotatable bonds is 0. The molecule has 0 aliphatic heterocycles. The van der Waals surface area contributed by atoms with Crippen molar-refractivity contribution in [1.82, 2.24) is 0 Å². The van der Waals surface area contributed by atoms with Gasteiger partial charge in [0.25, 0.3) is 0 Å². The van der Waals surface area contributed by atoms with Gasteiger partial charge in [0.15, 0.2) is 0 Å². The van der Waals surface area contributed by atoms with E-state index in [-0.39, 0.29) is 67.3 Å². The van der Waals surface area contributed by atoms with Gasteiger partial charge in [-0.1, -0.05) is 0 Å². The Kier molecular flexibility index (Phi) is 20.0. The molecule has 0 spiro atoms. The zero-order valence-corrected chi connectivity index (χ0v) is 6.18. The van der Waals surface area contributed by atoms with Crippen LogP contribution in [0.2, 0.25) is 0 Å². The van der Waals surface area contributed by atoms with Gasteiger partial charge in [0.05, 0.1) is 0 Å². The minimum absolute atomic E-state index is 0. The summed E-state index contributed by atoms with van der Waals surface area (Å²) < 4.78 is 17.8. The van der Waals surface area contributed by atoms with Gasteiger partial charge in [-0.25, -0.2) is 9.13 Å². The SMILES string of the molecule is O=P(O)(O)O.O=P(O)(O)O.[CaH2].[NaH]. The van der Waals surface area contributed by atoms with E-state index in [1.807, 2.05) is 0 Å². The fraction of sp³-hybridized carbons (Fsp3) is 0. The van der Waals surface area contributed by atoms with E-state index in [1.165, 1.54) is 0 Å². The molecule has 0 aromatic carbocycles. The van der Waals surface area contributed by atoms with Crippen LogP contribution < -0.4 is 0 Å². The molecule has 12 heteroatoms. The van der Waals surface area contributed by atoms with Crippen molar-refractivity contribution in [1.29, 1.82) is 0 Å². The van der Waals surface area contributed by atoms with E-state index in [2.05, 4.69) is 0 Å². The van der Waals surface area contributed by atoms with Crippen LogP contribution in [0.4, 0.5) is 0 Å². The molecular weight excluding hydrogens is 253 g/mol. The molecule has 0 fully saturated rings. The van der Waals surface area contributed by atoms with Crippen LogP contribution in [-0.4, -0.2) is 96.7 Å². The molecule has 0 atom stereocenters. The molecule has 0 aromatic heterocycles. The van der Waals surface area contributed by atoms with Crippen molar-refractivity contribution in [2.24, 2.45) is 0 Å². The Hall–Kier alpha value is 2.48. The van der Waals surface area contributed by atoms with E-state index >= 15 is 0 Å². The van der Waals surface area contributed by atoms with Crippen molar-refractivity contribution in [3.05, 3.63) is 0 Å². The van der Waals surface area contributed by atoms with E-state index in [0.717, 1.165) is 0 Å². The first-order chi connectivity index (χ1) is 4.00. The topological polar surface area (TPSA) is 156 Å². The normalized spacial score (nSPS) is 9.83. The maximum absolute atomic E-state index is 8.88. The Morgan fingerprint density at radius 3 is 0.667 bits per heavy atom. The van der Waals surface area contributed by atoms with Gasteiger partial charge in [0, 0.05) is 0 Å². The standard InChI is InChI=1S/Ca.Na.2H3O4P.3H/c;;2*1-5(2,3)4;;;/h;;2*(H3,1,2,3,4);;;. The zero-order chi connectivity index (χ0) is 9.00. The van der Waals surface area contributed by atoms with Crippen molar-refractivity contribution in [3.8, 4) is 0 Å². The Labute approximate surface area is 120 Å². The fourth-order valence-corrected chi connectivity index (χ4v) is 0. The van der Waals surface area contributed by atoms with Gasteiger partial charge in [-0.05, 0) is 0 Å². The maximum atomic E-state index is 8.88. The second-order valence-electron chi connectivity index (χ2n) is 1.03. The second-order valence-corrected chi connectivity index (χ2v) is 3.08. The van der Waals surface area contributed by atoms with Crippen molar-refractivity contribution in [2.45, 2.75) is 0 Å². The molecule has 0 heterocycles. The van der Waals surface area contributed by atoms with Crippen molar-refractivity contribution >= 4 is 82.9 Å². The first kappa shape index (κ1) is 24.0. The average Bonchev–Trinajstić information content (AvgIpc) is 1.12. The summed E-state index contributed by atoms with van der Waals surface area (Å²) in [6.45, 7) is 0. The third kappa shape index (κ3) is 267. The van der Waals surface area contributed by atoms with Crippen LogP contribution in [0, 0.1) is 0 Å². The summed E-state index contributed by atoms with van der Waals surface area (Å²) in [7, 11) is -9.28. The van der Waals surface area contributed by atoms with Crippen LogP contribution in [0.15, 0.2) is 0 Å². The van der Waals surface area contributed by atoms with Crippen LogP contribution in [0.25, 0.3) is 0 Å². The molecule has 0 radical (unpaired) electrons. The molecule has 0 unspecified atom stereocenters. The summed E-state index contributed by atoms with van der Waals surface area (Å²) in [5.74, 6) is 0. The number of hydrogen-bond acceptors (Lipinski definition) is 2. The molecule has 0 bridgehead atoms. The van der Waals surface area contributed by atoms with Crippen molar-refractivity contribution < 1.29 is 38.5 Å². The quantitative estimate of drug-likeness (QED) is 0.195. The van der Waals surface area contributed by atoms with Crippen LogP contribution in [0.5, 0.6) is 0 Å². The first-order valence-corrected chi connectivity index (χ1v) is 4.70. The van der Waals surface area contributed by atoms with Gasteiger partial charge in [0.1, 0.15) is 0 Å². The summed E-state index contributed by atoms with van der Waals surface area (Å²) in [5.41, 5.74) is 0. The number of hydrogen-bond donors (Lipinski definition) is 6. The van der Waals surface area contributed by atoms with Crippen LogP contribution >= 0.6 is 15.6 Å². The van der Waals surface area contributed by atoms with Gasteiger partial charge in [0.2, 0.25) is 0 Å². The molecular formula is H9CaNaO8P2. The van der Waals surface area contributed by atoms with E-state index in [0.29, 0.717) is 0 Å². The Morgan fingerprint density at radius 1 is 0.667 bits per heavy atom. The van der Waals surface area contributed by atoms with E-state index in [4.69, 9.17) is 38.5 Å². The van der Waals surface area contributed by atoms with Gasteiger partial charge < -0.3 is 29.4 Å². The van der Waals surface area contributed by atoms with E-state index in [9.17, 15) is 0 Å². The third-order valence-electron chi connectivity index (χ3n) is 0. The first-order valence-electron chi connectivity index (χ1n) is 1.57. The molecule has 0 saturated carbocycles. The van der Waals surface area contributed by atoms with Gasteiger partial charge in [-0.2, -0.15) is 0 Å². The fourth-order valence-electron chi connectivity index (χ4n) is 0. The molecule has 6 N–H and O–H groups in total. The predicted octanol–water partition coefficient (Wildman–Crippen LogP) is -3.42. The Bertz CT molecular complexity index is 129. The third-order valence-corrected chi connectivity index (χ3v) is 0. The predicted molar refractivity (Wildman–Crippen MR) is 44.2 cm³/mol. The van der Waals surface area contributed by atoms with E-state index < -0.39 is 15.6 Å². The Morgan fingerprint density at radius 2 is 0.667 bits per heavy atom. The van der Waals surface area contributed by atoms with Crippen molar-refractivity contribution in [3.63, 3.8) is 0 Å². The monoisotopic (exact) mass is 262 g/mol. The molecule has 0 saturated heterocycles. The minimum atomic E-state index is -4.64. The molecule has 0 aliphatic rings. The summed E-state index contributed by atoms with van der Waals surface area (Å²) in [4.78, 5) is 43.1. The molecule has 0 rings (SSSR count). The Balaban J connectivity index is -0.0000000457. The molecule has 8 nitrogen and oxygen atoms in total. The average molecular weight is 262 g/mol. The number of phosphoric acid groups is 2. The van der Waals surface area contributed by atoms with Gasteiger partial charge >= 0.3 is 82.9 Å². The van der Waals surface area contributed by atoms with E-state index in [1.54, 1.807) is 0 Å². The molecule has 0 amide bonds. The summed E-state index contributed by atoms with van der Waals surface area (Å²) >= 11 is 0. The molecule has 0 aromatic rings. The van der Waals surface area contributed by atoms with Crippen molar-refractivity contribution in [2.75, 3.05) is 0 Å². The van der Waals surface area contributed by atoms with Crippen LogP contribution in [0.1, 0.15) is 0 Å². The van der Waals surface area contributed by atoms with Crippen LogP contribution in [-0.2, 0) is 9.13 Å². The molecule has 12 heavy (non-hydrogen) atoms.